The van der Waals surface area contributed by atoms with E-state index in [-0.39, 0.29) is 0 Å². The summed E-state index contributed by atoms with van der Waals surface area (Å²) < 4.78 is 0. The van der Waals surface area contributed by atoms with Gasteiger partial charge in [0, 0.05) is 12.7 Å². The highest BCUT2D eigenvalue weighted by molar-refractivity contribution is 5.32. The number of aryl methyl sites for hydroxylation is 1. The van der Waals surface area contributed by atoms with Gasteiger partial charge in [-0.25, -0.2) is 9.97 Å². The minimum absolute atomic E-state index is 0.658. The van der Waals surface area contributed by atoms with Crippen LogP contribution in [0.2, 0.25) is 0 Å². The summed E-state index contributed by atoms with van der Waals surface area (Å²) in [5, 5.41) is 3.32. The quantitative estimate of drug-likeness (QED) is 0.798. The van der Waals surface area contributed by atoms with Crippen LogP contribution in [0, 0.1) is 18.8 Å². The van der Waals surface area contributed by atoms with Gasteiger partial charge in [-0.05, 0) is 24.8 Å². The van der Waals surface area contributed by atoms with Crippen molar-refractivity contribution in [2.24, 2.45) is 11.8 Å². The van der Waals surface area contributed by atoms with Gasteiger partial charge in [-0.1, -0.05) is 20.8 Å². The summed E-state index contributed by atoms with van der Waals surface area (Å²) in [5.74, 6) is 3.09. The molecule has 1 unspecified atom stereocenters. The molecule has 1 atom stereocenters. The van der Waals surface area contributed by atoms with Gasteiger partial charge in [0.1, 0.15) is 11.6 Å². The van der Waals surface area contributed by atoms with E-state index in [1.807, 2.05) is 13.0 Å². The average molecular weight is 193 g/mol. The number of aromatic nitrogens is 2. The Labute approximate surface area is 86.0 Å². The number of anilines is 1. The number of rotatable bonds is 4. The van der Waals surface area contributed by atoms with Crippen molar-refractivity contribution in [3.8, 4) is 0 Å². The van der Waals surface area contributed by atoms with E-state index in [4.69, 9.17) is 0 Å². The highest BCUT2D eigenvalue weighted by Gasteiger charge is 2.06. The molecule has 0 amide bonds. The Morgan fingerprint density at radius 1 is 1.36 bits per heavy atom. The second-order valence-corrected chi connectivity index (χ2v) is 4.09. The zero-order valence-electron chi connectivity index (χ0n) is 9.41. The van der Waals surface area contributed by atoms with Crippen LogP contribution in [0.5, 0.6) is 0 Å². The van der Waals surface area contributed by atoms with Crippen LogP contribution >= 0.6 is 0 Å². The van der Waals surface area contributed by atoms with Crippen LogP contribution in [-0.4, -0.2) is 16.5 Å². The molecule has 0 aliphatic rings. The third-order valence-corrected chi connectivity index (χ3v) is 2.52. The van der Waals surface area contributed by atoms with E-state index >= 15 is 0 Å². The predicted octanol–water partition coefficient (Wildman–Crippen LogP) is 2.49. The lowest BCUT2D eigenvalue weighted by molar-refractivity contribution is 0.439. The molecule has 14 heavy (non-hydrogen) atoms. The van der Waals surface area contributed by atoms with Crippen molar-refractivity contribution in [2.75, 3.05) is 11.9 Å². The summed E-state index contributed by atoms with van der Waals surface area (Å²) in [6.07, 6.45) is 1.78. The van der Waals surface area contributed by atoms with E-state index in [1.54, 1.807) is 6.20 Å². The third-order valence-electron chi connectivity index (χ3n) is 2.52. The minimum atomic E-state index is 0.658. The first kappa shape index (κ1) is 11.0. The standard InChI is InChI=1S/C11H19N3/c1-8(2)9(3)7-13-11-5-6-12-10(4)14-11/h5-6,8-9H,7H2,1-4H3,(H,12,13,14). The minimum Gasteiger partial charge on any atom is -0.370 e. The Balaban J connectivity index is 2.45. The fourth-order valence-electron chi connectivity index (χ4n) is 1.06. The Hall–Kier alpha value is -1.12. The van der Waals surface area contributed by atoms with Crippen molar-refractivity contribution < 1.29 is 0 Å². The molecule has 3 nitrogen and oxygen atoms in total. The Kier molecular flexibility index (Phi) is 3.86. The number of hydrogen-bond acceptors (Lipinski definition) is 3. The average Bonchev–Trinajstić information content (AvgIpc) is 2.14. The van der Waals surface area contributed by atoms with Gasteiger partial charge >= 0.3 is 0 Å². The maximum Gasteiger partial charge on any atom is 0.129 e. The molecule has 1 aromatic heterocycles. The monoisotopic (exact) mass is 193 g/mol. The Bertz CT molecular complexity index is 284. The van der Waals surface area contributed by atoms with E-state index in [9.17, 15) is 0 Å². The van der Waals surface area contributed by atoms with Crippen LogP contribution in [0.1, 0.15) is 26.6 Å². The van der Waals surface area contributed by atoms with E-state index in [2.05, 4.69) is 36.1 Å². The zero-order valence-corrected chi connectivity index (χ0v) is 9.41. The van der Waals surface area contributed by atoms with Gasteiger partial charge in [0.2, 0.25) is 0 Å². The molecule has 3 heteroatoms. The van der Waals surface area contributed by atoms with Crippen LogP contribution < -0.4 is 5.32 Å². The van der Waals surface area contributed by atoms with Gasteiger partial charge in [-0.3, -0.25) is 0 Å². The summed E-state index contributed by atoms with van der Waals surface area (Å²) >= 11 is 0. The van der Waals surface area contributed by atoms with Gasteiger partial charge < -0.3 is 5.32 Å². The molecule has 0 aliphatic heterocycles. The Morgan fingerprint density at radius 2 is 2.07 bits per heavy atom. The maximum atomic E-state index is 4.28. The summed E-state index contributed by atoms with van der Waals surface area (Å²) in [4.78, 5) is 8.33. The predicted molar refractivity (Wildman–Crippen MR) is 59.3 cm³/mol. The van der Waals surface area contributed by atoms with Crippen molar-refractivity contribution in [1.82, 2.24) is 9.97 Å². The first-order chi connectivity index (χ1) is 6.59. The number of nitrogens with zero attached hydrogens (tertiary/aromatic N) is 2. The number of hydrogen-bond donors (Lipinski definition) is 1. The lowest BCUT2D eigenvalue weighted by atomic mass is 9.98. The molecule has 0 bridgehead atoms. The van der Waals surface area contributed by atoms with Crippen LogP contribution in [0.3, 0.4) is 0 Å². The third kappa shape index (κ3) is 3.32. The highest BCUT2D eigenvalue weighted by Crippen LogP contribution is 2.10. The fraction of sp³-hybridized carbons (Fsp3) is 0.636. The SMILES string of the molecule is Cc1nccc(NCC(C)C(C)C)n1. The fourth-order valence-corrected chi connectivity index (χ4v) is 1.06. The second kappa shape index (κ2) is 4.94. The molecule has 0 saturated heterocycles. The van der Waals surface area contributed by atoms with Crippen molar-refractivity contribution >= 4 is 5.82 Å². The van der Waals surface area contributed by atoms with E-state index in [0.717, 1.165) is 18.2 Å². The molecule has 0 saturated carbocycles. The topological polar surface area (TPSA) is 37.8 Å². The van der Waals surface area contributed by atoms with E-state index in [1.165, 1.54) is 0 Å². The molecule has 1 aromatic rings. The van der Waals surface area contributed by atoms with Gasteiger partial charge in [-0.2, -0.15) is 0 Å². The molecular weight excluding hydrogens is 174 g/mol. The maximum absolute atomic E-state index is 4.28. The van der Waals surface area contributed by atoms with Gasteiger partial charge in [-0.15, -0.1) is 0 Å². The lowest BCUT2D eigenvalue weighted by Crippen LogP contribution is -2.17. The van der Waals surface area contributed by atoms with Crippen molar-refractivity contribution in [3.63, 3.8) is 0 Å². The van der Waals surface area contributed by atoms with Crippen LogP contribution in [0.4, 0.5) is 5.82 Å². The first-order valence-electron chi connectivity index (χ1n) is 5.13. The summed E-state index contributed by atoms with van der Waals surface area (Å²) in [6, 6.07) is 1.90. The number of nitrogens with one attached hydrogen (secondary N) is 1. The molecular formula is C11H19N3. The summed E-state index contributed by atoms with van der Waals surface area (Å²) in [5.41, 5.74) is 0. The largest absolute Gasteiger partial charge is 0.370 e. The first-order valence-corrected chi connectivity index (χ1v) is 5.13. The molecule has 1 N–H and O–H groups in total. The van der Waals surface area contributed by atoms with Crippen LogP contribution in [-0.2, 0) is 0 Å². The van der Waals surface area contributed by atoms with Crippen molar-refractivity contribution in [1.29, 1.82) is 0 Å². The van der Waals surface area contributed by atoms with Crippen LogP contribution in [0.25, 0.3) is 0 Å². The van der Waals surface area contributed by atoms with E-state index < -0.39 is 0 Å². The molecule has 0 fully saturated rings. The van der Waals surface area contributed by atoms with Crippen LogP contribution in [0.15, 0.2) is 12.3 Å². The molecule has 1 heterocycles. The molecule has 0 aromatic carbocycles. The van der Waals surface area contributed by atoms with Gasteiger partial charge in [0.25, 0.3) is 0 Å². The highest BCUT2D eigenvalue weighted by atomic mass is 15.0. The molecule has 0 spiro atoms. The smallest absolute Gasteiger partial charge is 0.129 e. The summed E-state index contributed by atoms with van der Waals surface area (Å²) in [7, 11) is 0. The van der Waals surface area contributed by atoms with Gasteiger partial charge in [0.15, 0.2) is 0 Å². The molecule has 0 radical (unpaired) electrons. The molecule has 0 aliphatic carbocycles. The van der Waals surface area contributed by atoms with Crippen molar-refractivity contribution in [2.45, 2.75) is 27.7 Å². The normalized spacial score (nSPS) is 12.9. The summed E-state index contributed by atoms with van der Waals surface area (Å²) in [6.45, 7) is 9.58. The zero-order chi connectivity index (χ0) is 10.6. The lowest BCUT2D eigenvalue weighted by Gasteiger charge is -2.16. The van der Waals surface area contributed by atoms with Gasteiger partial charge in [0.05, 0.1) is 0 Å². The molecule has 1 rings (SSSR count). The van der Waals surface area contributed by atoms with E-state index in [0.29, 0.717) is 11.8 Å². The Morgan fingerprint density at radius 3 is 2.64 bits per heavy atom. The second-order valence-electron chi connectivity index (χ2n) is 4.09. The molecule has 78 valence electrons. The van der Waals surface area contributed by atoms with Crippen molar-refractivity contribution in [3.05, 3.63) is 18.1 Å².